The van der Waals surface area contributed by atoms with Gasteiger partial charge < -0.3 is 24.3 Å². The molecule has 0 radical (unpaired) electrons. The van der Waals surface area contributed by atoms with Gasteiger partial charge in [-0.2, -0.15) is 5.10 Å². The molecule has 1 heterocycles. The maximum atomic E-state index is 12.6. The first-order chi connectivity index (χ1) is 16.0. The number of ether oxygens (including phenoxy) is 3. The number of hydrogen-bond acceptors (Lipinski definition) is 7. The second-order valence-corrected chi connectivity index (χ2v) is 6.99. The van der Waals surface area contributed by atoms with Crippen molar-refractivity contribution < 1.29 is 24.1 Å². The normalized spacial score (nSPS) is 11.0. The van der Waals surface area contributed by atoms with Gasteiger partial charge in [0.05, 0.1) is 44.1 Å². The Morgan fingerprint density at radius 1 is 1.03 bits per heavy atom. The van der Waals surface area contributed by atoms with Crippen molar-refractivity contribution in [2.45, 2.75) is 0 Å². The van der Waals surface area contributed by atoms with Crippen LogP contribution in [0.4, 0.5) is 0 Å². The third kappa shape index (κ3) is 4.42. The average molecular weight is 446 g/mol. The first kappa shape index (κ1) is 21.7. The number of amides is 1. The Kier molecular flexibility index (Phi) is 6.12. The standard InChI is InChI=1S/C24H22N4O5/c1-31-20-10-14(11-21(32-2)22(20)33-3)13-25-28-24(30)15-8-9-17-18(12-15)27-23(26-17)16-6-4-5-7-19(16)29/h4-13,29H,1-3H3,(H,26,27)(H,28,30)/b25-13+. The molecule has 168 valence electrons. The van der Waals surface area contributed by atoms with E-state index in [4.69, 9.17) is 14.2 Å². The summed E-state index contributed by atoms with van der Waals surface area (Å²) in [6.07, 6.45) is 1.48. The predicted octanol–water partition coefficient (Wildman–Crippen LogP) is 3.73. The molecule has 3 aromatic carbocycles. The summed E-state index contributed by atoms with van der Waals surface area (Å²) >= 11 is 0. The van der Waals surface area contributed by atoms with Gasteiger partial charge in [0.25, 0.3) is 5.91 Å². The quantitative estimate of drug-likeness (QED) is 0.294. The van der Waals surface area contributed by atoms with Crippen LogP contribution in [0.1, 0.15) is 15.9 Å². The van der Waals surface area contributed by atoms with Crippen LogP contribution in [0, 0.1) is 0 Å². The highest BCUT2D eigenvalue weighted by Crippen LogP contribution is 2.37. The molecule has 3 N–H and O–H groups in total. The summed E-state index contributed by atoms with van der Waals surface area (Å²) in [4.78, 5) is 20.2. The molecule has 0 saturated heterocycles. The number of carbonyl (C=O) groups is 1. The number of methoxy groups -OCH3 is 3. The number of hydrazone groups is 1. The summed E-state index contributed by atoms with van der Waals surface area (Å²) in [7, 11) is 4.57. The summed E-state index contributed by atoms with van der Waals surface area (Å²) in [5.41, 5.74) is 5.47. The minimum absolute atomic E-state index is 0.121. The number of nitrogens with one attached hydrogen (secondary N) is 2. The van der Waals surface area contributed by atoms with E-state index in [0.29, 0.717) is 50.8 Å². The van der Waals surface area contributed by atoms with E-state index in [9.17, 15) is 9.90 Å². The first-order valence-corrected chi connectivity index (χ1v) is 9.95. The van der Waals surface area contributed by atoms with E-state index in [0.717, 1.165) is 0 Å². The van der Waals surface area contributed by atoms with Crippen LogP contribution in [0.5, 0.6) is 23.0 Å². The van der Waals surface area contributed by atoms with Gasteiger partial charge in [-0.3, -0.25) is 4.79 Å². The van der Waals surface area contributed by atoms with Gasteiger partial charge in [-0.25, -0.2) is 10.4 Å². The number of aromatic hydroxyl groups is 1. The second kappa shape index (κ2) is 9.31. The number of H-pyrrole nitrogens is 1. The zero-order chi connectivity index (χ0) is 23.4. The largest absolute Gasteiger partial charge is 0.507 e. The van der Waals surface area contributed by atoms with Crippen molar-refractivity contribution in [3.05, 3.63) is 65.7 Å². The maximum Gasteiger partial charge on any atom is 0.271 e. The number of aromatic amines is 1. The van der Waals surface area contributed by atoms with Crippen molar-refractivity contribution in [2.75, 3.05) is 21.3 Å². The van der Waals surface area contributed by atoms with Crippen LogP contribution in [0.2, 0.25) is 0 Å². The molecule has 0 fully saturated rings. The van der Waals surface area contributed by atoms with E-state index in [1.807, 2.05) is 6.07 Å². The highest BCUT2D eigenvalue weighted by atomic mass is 16.5. The van der Waals surface area contributed by atoms with Crippen LogP contribution in [0.3, 0.4) is 0 Å². The minimum atomic E-state index is -0.390. The number of hydrogen-bond donors (Lipinski definition) is 3. The Morgan fingerprint density at radius 2 is 1.76 bits per heavy atom. The van der Waals surface area contributed by atoms with Gasteiger partial charge in [-0.1, -0.05) is 12.1 Å². The Morgan fingerprint density at radius 3 is 2.42 bits per heavy atom. The van der Waals surface area contributed by atoms with E-state index >= 15 is 0 Å². The van der Waals surface area contributed by atoms with Gasteiger partial charge in [-0.05, 0) is 42.5 Å². The van der Waals surface area contributed by atoms with E-state index < -0.39 is 0 Å². The van der Waals surface area contributed by atoms with Gasteiger partial charge in [0.2, 0.25) is 5.75 Å². The number of fused-ring (bicyclic) bond motifs is 1. The predicted molar refractivity (Wildman–Crippen MR) is 124 cm³/mol. The molecule has 0 unspecified atom stereocenters. The van der Waals surface area contributed by atoms with E-state index in [1.54, 1.807) is 48.5 Å². The number of nitrogens with zero attached hydrogens (tertiary/aromatic N) is 2. The monoisotopic (exact) mass is 446 g/mol. The van der Waals surface area contributed by atoms with Crippen LogP contribution < -0.4 is 19.6 Å². The lowest BCUT2D eigenvalue weighted by Crippen LogP contribution is -2.17. The van der Waals surface area contributed by atoms with Crippen LogP contribution >= 0.6 is 0 Å². The molecule has 0 aliphatic carbocycles. The maximum absolute atomic E-state index is 12.6. The average Bonchev–Trinajstić information content (AvgIpc) is 3.26. The molecular formula is C24H22N4O5. The molecule has 0 spiro atoms. The van der Waals surface area contributed by atoms with Crippen LogP contribution in [0.25, 0.3) is 22.4 Å². The number of carbonyl (C=O) groups excluding carboxylic acids is 1. The van der Waals surface area contributed by atoms with Crippen molar-refractivity contribution >= 4 is 23.2 Å². The molecule has 9 heteroatoms. The van der Waals surface area contributed by atoms with E-state index in [2.05, 4.69) is 20.5 Å². The number of imidazole rings is 1. The van der Waals surface area contributed by atoms with Gasteiger partial charge >= 0.3 is 0 Å². The lowest BCUT2D eigenvalue weighted by Gasteiger charge is -2.12. The molecule has 9 nitrogen and oxygen atoms in total. The highest BCUT2D eigenvalue weighted by molar-refractivity contribution is 5.98. The molecule has 33 heavy (non-hydrogen) atoms. The number of aromatic nitrogens is 2. The van der Waals surface area contributed by atoms with Crippen molar-refractivity contribution in [2.24, 2.45) is 5.10 Å². The fraction of sp³-hybridized carbons (Fsp3) is 0.125. The SMILES string of the molecule is COc1cc(/C=N/NC(=O)c2ccc3nc(-c4ccccc4O)[nH]c3c2)cc(OC)c1OC. The molecule has 0 aliphatic heterocycles. The smallest absolute Gasteiger partial charge is 0.271 e. The molecule has 0 saturated carbocycles. The zero-order valence-electron chi connectivity index (χ0n) is 18.2. The van der Waals surface area contributed by atoms with Gasteiger partial charge in [0.15, 0.2) is 11.5 Å². The Balaban J connectivity index is 1.52. The Bertz CT molecular complexity index is 1320. The fourth-order valence-electron chi connectivity index (χ4n) is 3.36. The lowest BCUT2D eigenvalue weighted by atomic mass is 10.2. The molecule has 4 rings (SSSR count). The summed E-state index contributed by atoms with van der Waals surface area (Å²) in [6.45, 7) is 0. The zero-order valence-corrected chi connectivity index (χ0v) is 18.2. The summed E-state index contributed by atoms with van der Waals surface area (Å²) in [5.74, 6) is 1.68. The molecular weight excluding hydrogens is 424 g/mol. The first-order valence-electron chi connectivity index (χ1n) is 9.95. The molecule has 0 aliphatic rings. The number of phenols is 1. The highest BCUT2D eigenvalue weighted by Gasteiger charge is 2.13. The van der Waals surface area contributed by atoms with E-state index in [-0.39, 0.29) is 11.7 Å². The summed E-state index contributed by atoms with van der Waals surface area (Å²) in [5, 5.41) is 14.1. The molecule has 0 bridgehead atoms. The Hall–Kier alpha value is -4.53. The topological polar surface area (TPSA) is 118 Å². The Labute approximate surface area is 189 Å². The van der Waals surface area contributed by atoms with Crippen LogP contribution in [0.15, 0.2) is 59.7 Å². The number of benzene rings is 3. The van der Waals surface area contributed by atoms with Gasteiger partial charge in [0, 0.05) is 11.1 Å². The van der Waals surface area contributed by atoms with Crippen LogP contribution in [-0.2, 0) is 0 Å². The van der Waals surface area contributed by atoms with E-state index in [1.165, 1.54) is 27.5 Å². The van der Waals surface area contributed by atoms with Crippen molar-refractivity contribution in [1.29, 1.82) is 0 Å². The molecule has 1 aromatic heterocycles. The summed E-state index contributed by atoms with van der Waals surface area (Å²) in [6, 6.07) is 15.4. The number of para-hydroxylation sites is 1. The van der Waals surface area contributed by atoms with Gasteiger partial charge in [0.1, 0.15) is 11.6 Å². The summed E-state index contributed by atoms with van der Waals surface area (Å²) < 4.78 is 15.9. The van der Waals surface area contributed by atoms with Crippen molar-refractivity contribution in [3.8, 4) is 34.4 Å². The minimum Gasteiger partial charge on any atom is -0.507 e. The number of rotatable bonds is 7. The fourth-order valence-corrected chi connectivity index (χ4v) is 3.36. The second-order valence-electron chi connectivity index (χ2n) is 6.99. The molecule has 1 amide bonds. The van der Waals surface area contributed by atoms with Gasteiger partial charge in [-0.15, -0.1) is 0 Å². The van der Waals surface area contributed by atoms with Crippen molar-refractivity contribution in [1.82, 2.24) is 15.4 Å². The van der Waals surface area contributed by atoms with Crippen LogP contribution in [-0.4, -0.2) is 48.5 Å². The van der Waals surface area contributed by atoms with Crippen molar-refractivity contribution in [3.63, 3.8) is 0 Å². The third-order valence-corrected chi connectivity index (χ3v) is 4.97. The lowest BCUT2D eigenvalue weighted by molar-refractivity contribution is 0.0955. The third-order valence-electron chi connectivity index (χ3n) is 4.97. The molecule has 0 atom stereocenters. The molecule has 4 aromatic rings. The number of phenolic OH excluding ortho intramolecular Hbond substituents is 1.